The minimum absolute atomic E-state index is 0.102. The van der Waals surface area contributed by atoms with Crippen molar-refractivity contribution in [3.05, 3.63) is 41.6 Å². The maximum Gasteiger partial charge on any atom is 0.417 e. The summed E-state index contributed by atoms with van der Waals surface area (Å²) in [5.41, 5.74) is -1.71. The third kappa shape index (κ3) is 3.64. The number of pyridine rings is 1. The van der Waals surface area contributed by atoms with Crippen LogP contribution >= 0.6 is 0 Å². The van der Waals surface area contributed by atoms with Crippen molar-refractivity contribution in [1.82, 2.24) is 10.3 Å². The van der Waals surface area contributed by atoms with E-state index >= 15 is 0 Å². The van der Waals surface area contributed by atoms with E-state index in [1.807, 2.05) is 0 Å². The number of halogens is 3. The molecule has 0 fully saturated rings. The predicted octanol–water partition coefficient (Wildman–Crippen LogP) is 3.24. The molecule has 1 aromatic carbocycles. The van der Waals surface area contributed by atoms with E-state index in [1.165, 1.54) is 24.3 Å². The van der Waals surface area contributed by atoms with E-state index < -0.39 is 35.2 Å². The van der Waals surface area contributed by atoms with E-state index in [2.05, 4.69) is 10.3 Å². The van der Waals surface area contributed by atoms with E-state index in [0.717, 1.165) is 6.20 Å². The summed E-state index contributed by atoms with van der Waals surface area (Å²) >= 11 is 0. The van der Waals surface area contributed by atoms with Gasteiger partial charge in [-0.3, -0.25) is 9.78 Å². The number of carboxylic acid groups (broad SMARTS) is 1. The smallest absolute Gasteiger partial charge is 0.417 e. The second-order valence-corrected chi connectivity index (χ2v) is 5.21. The number of alkyl halides is 3. The number of carboxylic acids is 1. The van der Waals surface area contributed by atoms with Gasteiger partial charge in [-0.05, 0) is 12.5 Å². The molecule has 8 heteroatoms. The number of nitrogens with zero attached hydrogens (tertiary/aromatic N) is 1. The van der Waals surface area contributed by atoms with E-state index in [9.17, 15) is 22.8 Å². The highest BCUT2D eigenvalue weighted by atomic mass is 19.4. The van der Waals surface area contributed by atoms with Gasteiger partial charge in [0.2, 0.25) is 0 Å². The van der Waals surface area contributed by atoms with Crippen molar-refractivity contribution in [2.75, 3.05) is 0 Å². The van der Waals surface area contributed by atoms with Crippen LogP contribution in [0.2, 0.25) is 0 Å². The van der Waals surface area contributed by atoms with Gasteiger partial charge in [0.15, 0.2) is 0 Å². The molecule has 1 amide bonds. The summed E-state index contributed by atoms with van der Waals surface area (Å²) in [5.74, 6) is -2.41. The SMILES string of the molecule is CCCC(NC(=O)c1cnc2ccccc2c1C(F)(F)F)C(=O)O. The summed E-state index contributed by atoms with van der Waals surface area (Å²) in [6.45, 7) is 1.71. The Morgan fingerprint density at radius 2 is 1.96 bits per heavy atom. The number of para-hydroxylation sites is 1. The van der Waals surface area contributed by atoms with Crippen LogP contribution in [-0.4, -0.2) is 28.0 Å². The second kappa shape index (κ2) is 6.86. The van der Waals surface area contributed by atoms with Crippen LogP contribution < -0.4 is 5.32 Å². The van der Waals surface area contributed by atoms with Gasteiger partial charge in [-0.1, -0.05) is 31.5 Å². The van der Waals surface area contributed by atoms with E-state index in [1.54, 1.807) is 6.92 Å². The van der Waals surface area contributed by atoms with Crippen molar-refractivity contribution in [1.29, 1.82) is 0 Å². The Morgan fingerprint density at radius 3 is 2.54 bits per heavy atom. The zero-order valence-electron chi connectivity index (χ0n) is 12.7. The molecular weight excluding hydrogens is 325 g/mol. The number of benzene rings is 1. The van der Waals surface area contributed by atoms with Crippen LogP contribution in [-0.2, 0) is 11.0 Å². The molecule has 0 aliphatic heterocycles. The number of rotatable bonds is 5. The number of amides is 1. The Morgan fingerprint density at radius 1 is 1.29 bits per heavy atom. The summed E-state index contributed by atoms with van der Waals surface area (Å²) < 4.78 is 40.4. The highest BCUT2D eigenvalue weighted by Crippen LogP contribution is 2.36. The second-order valence-electron chi connectivity index (χ2n) is 5.21. The zero-order chi connectivity index (χ0) is 17.9. The fourth-order valence-corrected chi connectivity index (χ4v) is 2.40. The van der Waals surface area contributed by atoms with Crippen LogP contribution in [0.3, 0.4) is 0 Å². The molecule has 1 heterocycles. The number of carbonyl (C=O) groups is 2. The lowest BCUT2D eigenvalue weighted by Gasteiger charge is -2.17. The summed E-state index contributed by atoms with van der Waals surface area (Å²) in [6.07, 6.45) is -3.38. The molecule has 1 atom stereocenters. The maximum atomic E-state index is 13.5. The fraction of sp³-hybridized carbons (Fsp3) is 0.312. The van der Waals surface area contributed by atoms with Gasteiger partial charge >= 0.3 is 12.1 Å². The number of hydrogen-bond acceptors (Lipinski definition) is 3. The third-order valence-corrected chi connectivity index (χ3v) is 3.48. The van der Waals surface area contributed by atoms with Gasteiger partial charge < -0.3 is 10.4 Å². The minimum Gasteiger partial charge on any atom is -0.480 e. The molecule has 1 aromatic heterocycles. The number of nitrogens with one attached hydrogen (secondary N) is 1. The first kappa shape index (κ1) is 17.7. The summed E-state index contributed by atoms with van der Waals surface area (Å²) in [7, 11) is 0. The summed E-state index contributed by atoms with van der Waals surface area (Å²) in [6, 6.07) is 4.33. The van der Waals surface area contributed by atoms with Crippen LogP contribution in [0.4, 0.5) is 13.2 Å². The van der Waals surface area contributed by atoms with Gasteiger partial charge in [-0.15, -0.1) is 0 Å². The first-order valence-corrected chi connectivity index (χ1v) is 7.24. The summed E-state index contributed by atoms with van der Waals surface area (Å²) in [5, 5.41) is 11.0. The molecule has 0 aliphatic rings. The van der Waals surface area contributed by atoms with Crippen LogP contribution in [0.25, 0.3) is 10.9 Å². The Kier molecular flexibility index (Phi) is 5.06. The molecule has 2 N–H and O–H groups in total. The molecule has 2 aromatic rings. The number of aliphatic carboxylic acids is 1. The average Bonchev–Trinajstić information content (AvgIpc) is 2.52. The Labute approximate surface area is 135 Å². The van der Waals surface area contributed by atoms with Crippen molar-refractivity contribution in [3.63, 3.8) is 0 Å². The van der Waals surface area contributed by atoms with Gasteiger partial charge in [0, 0.05) is 11.6 Å². The molecule has 24 heavy (non-hydrogen) atoms. The van der Waals surface area contributed by atoms with E-state index in [-0.39, 0.29) is 17.3 Å². The standard InChI is InChI=1S/C16H15F3N2O3/c1-2-5-12(15(23)24)21-14(22)10-8-20-11-7-4-3-6-9(11)13(10)16(17,18)19/h3-4,6-8,12H,2,5H2,1H3,(H,21,22)(H,23,24). The maximum absolute atomic E-state index is 13.5. The van der Waals surface area contributed by atoms with Crippen LogP contribution in [0, 0.1) is 0 Å². The molecule has 1 unspecified atom stereocenters. The van der Waals surface area contributed by atoms with Gasteiger partial charge in [-0.2, -0.15) is 13.2 Å². The topological polar surface area (TPSA) is 79.3 Å². The highest BCUT2D eigenvalue weighted by molar-refractivity contribution is 6.01. The van der Waals surface area contributed by atoms with Crippen LogP contribution in [0.5, 0.6) is 0 Å². The van der Waals surface area contributed by atoms with Crippen molar-refractivity contribution < 1.29 is 27.9 Å². The minimum atomic E-state index is -4.78. The van der Waals surface area contributed by atoms with E-state index in [4.69, 9.17) is 5.11 Å². The normalized spacial score (nSPS) is 12.8. The molecule has 0 aliphatic carbocycles. The highest BCUT2D eigenvalue weighted by Gasteiger charge is 2.38. The van der Waals surface area contributed by atoms with Crippen molar-refractivity contribution in [2.24, 2.45) is 0 Å². The van der Waals surface area contributed by atoms with Crippen molar-refractivity contribution in [3.8, 4) is 0 Å². The number of carbonyl (C=O) groups excluding carboxylic acids is 1. The van der Waals surface area contributed by atoms with E-state index in [0.29, 0.717) is 6.42 Å². The average molecular weight is 340 g/mol. The van der Waals surface area contributed by atoms with Crippen molar-refractivity contribution in [2.45, 2.75) is 32.0 Å². The lowest BCUT2D eigenvalue weighted by molar-refractivity contribution is -0.139. The van der Waals surface area contributed by atoms with Crippen LogP contribution in [0.15, 0.2) is 30.5 Å². The zero-order valence-corrected chi connectivity index (χ0v) is 12.7. The van der Waals surface area contributed by atoms with Gasteiger partial charge in [-0.25, -0.2) is 4.79 Å². The molecular formula is C16H15F3N2O3. The van der Waals surface area contributed by atoms with Crippen LogP contribution in [0.1, 0.15) is 35.7 Å². The lowest BCUT2D eigenvalue weighted by atomic mass is 10.0. The Hall–Kier alpha value is -2.64. The lowest BCUT2D eigenvalue weighted by Crippen LogP contribution is -2.41. The quantitative estimate of drug-likeness (QED) is 0.876. The first-order chi connectivity index (χ1) is 11.3. The molecule has 2 rings (SSSR count). The fourth-order valence-electron chi connectivity index (χ4n) is 2.40. The molecule has 0 saturated carbocycles. The monoisotopic (exact) mass is 340 g/mol. The molecule has 0 spiro atoms. The largest absolute Gasteiger partial charge is 0.480 e. The summed E-state index contributed by atoms with van der Waals surface area (Å²) in [4.78, 5) is 27.2. The number of hydrogen-bond donors (Lipinski definition) is 2. The predicted molar refractivity (Wildman–Crippen MR) is 80.5 cm³/mol. The molecule has 5 nitrogen and oxygen atoms in total. The molecule has 128 valence electrons. The Balaban J connectivity index is 2.51. The number of fused-ring (bicyclic) bond motifs is 1. The van der Waals surface area contributed by atoms with Gasteiger partial charge in [0.25, 0.3) is 5.91 Å². The Bertz CT molecular complexity index is 775. The molecule has 0 saturated heterocycles. The molecule has 0 bridgehead atoms. The van der Waals surface area contributed by atoms with Gasteiger partial charge in [0.05, 0.1) is 16.6 Å². The third-order valence-electron chi connectivity index (χ3n) is 3.48. The van der Waals surface area contributed by atoms with Gasteiger partial charge in [0.1, 0.15) is 6.04 Å². The number of aromatic nitrogens is 1. The molecule has 0 radical (unpaired) electrons. The first-order valence-electron chi connectivity index (χ1n) is 7.24. The van der Waals surface area contributed by atoms with Crippen molar-refractivity contribution >= 4 is 22.8 Å².